The number of carbonyl (C=O) groups is 2. The number of aliphatic hydroxyl groups is 2. The Morgan fingerprint density at radius 3 is 2.58 bits per heavy atom. The molecule has 0 bridgehead atoms. The quantitative estimate of drug-likeness (QED) is 0.318. The van der Waals surface area contributed by atoms with Crippen molar-refractivity contribution in [3.05, 3.63) is 35.9 Å². The van der Waals surface area contributed by atoms with E-state index in [0.29, 0.717) is 19.3 Å². The van der Waals surface area contributed by atoms with Gasteiger partial charge in [-0.1, -0.05) is 61.4 Å². The molecule has 1 fully saturated rings. The Morgan fingerprint density at radius 1 is 1.16 bits per heavy atom. The van der Waals surface area contributed by atoms with Crippen LogP contribution in [0.3, 0.4) is 0 Å². The number of benzene rings is 1. The summed E-state index contributed by atoms with van der Waals surface area (Å²) in [7, 11) is 1.39. The molecule has 170 valence electrons. The van der Waals surface area contributed by atoms with E-state index in [1.54, 1.807) is 6.92 Å². The van der Waals surface area contributed by atoms with Crippen molar-refractivity contribution in [1.29, 1.82) is 0 Å². The molecule has 0 aliphatic heterocycles. The molecule has 1 aliphatic rings. The molecule has 2 N–H and O–H groups in total. The van der Waals surface area contributed by atoms with Gasteiger partial charge in [-0.2, -0.15) is 0 Å². The monoisotopic (exact) mass is 428 g/mol. The first-order chi connectivity index (χ1) is 14.8. The summed E-state index contributed by atoms with van der Waals surface area (Å²) in [5.41, 5.74) is 0.0909. The van der Waals surface area contributed by atoms with E-state index >= 15 is 0 Å². The second-order valence-electron chi connectivity index (χ2n) is 8.78. The van der Waals surface area contributed by atoms with Crippen LogP contribution < -0.4 is 0 Å². The number of aliphatic hydroxyl groups excluding tert-OH is 1. The summed E-state index contributed by atoms with van der Waals surface area (Å²) in [5.74, 6) is 5.16. The van der Waals surface area contributed by atoms with Gasteiger partial charge in [0, 0.05) is 18.8 Å². The van der Waals surface area contributed by atoms with Gasteiger partial charge in [0.05, 0.1) is 19.1 Å². The first kappa shape index (κ1) is 25.1. The maximum absolute atomic E-state index is 12.3. The average Bonchev–Trinajstić information content (AvgIpc) is 3.01. The molecule has 0 radical (unpaired) electrons. The van der Waals surface area contributed by atoms with Gasteiger partial charge in [-0.25, -0.2) is 0 Å². The van der Waals surface area contributed by atoms with Crippen LogP contribution >= 0.6 is 0 Å². The zero-order chi connectivity index (χ0) is 22.7. The lowest BCUT2D eigenvalue weighted by Crippen LogP contribution is -2.24. The van der Waals surface area contributed by atoms with Crippen molar-refractivity contribution in [1.82, 2.24) is 0 Å². The molecular formula is C26H36O5. The highest BCUT2D eigenvalue weighted by molar-refractivity contribution is 5.85. The molecule has 0 amide bonds. The molecule has 0 saturated heterocycles. The number of hydrogen-bond acceptors (Lipinski definition) is 5. The zero-order valence-corrected chi connectivity index (χ0v) is 18.8. The van der Waals surface area contributed by atoms with Crippen LogP contribution in [0, 0.1) is 23.7 Å². The van der Waals surface area contributed by atoms with Crippen molar-refractivity contribution in [2.24, 2.45) is 11.8 Å². The maximum atomic E-state index is 12.3. The summed E-state index contributed by atoms with van der Waals surface area (Å²) in [6.45, 7) is 1.70. The second-order valence-corrected chi connectivity index (χ2v) is 8.78. The Morgan fingerprint density at radius 2 is 1.87 bits per heavy atom. The molecule has 0 aromatic heterocycles. The normalized spacial score (nSPS) is 22.5. The lowest BCUT2D eigenvalue weighted by molar-refractivity contribution is -0.140. The second kappa shape index (κ2) is 12.6. The molecule has 1 aromatic carbocycles. The number of Topliss-reactive ketones (excluding diaryl/α,β-unsaturated/α-hetero) is 1. The van der Waals surface area contributed by atoms with Crippen molar-refractivity contribution in [2.75, 3.05) is 7.11 Å². The number of unbranched alkanes of at least 4 members (excludes halogenated alkanes) is 3. The summed E-state index contributed by atoms with van der Waals surface area (Å²) in [6.07, 6.45) is 6.19. The minimum Gasteiger partial charge on any atom is -0.469 e. The highest BCUT2D eigenvalue weighted by atomic mass is 16.5. The molecule has 31 heavy (non-hydrogen) atoms. The van der Waals surface area contributed by atoms with E-state index in [4.69, 9.17) is 0 Å². The third-order valence-corrected chi connectivity index (χ3v) is 6.03. The summed E-state index contributed by atoms with van der Waals surface area (Å²) in [6, 6.07) is 10.1. The summed E-state index contributed by atoms with van der Waals surface area (Å²) >= 11 is 0. The third kappa shape index (κ3) is 8.85. The van der Waals surface area contributed by atoms with Crippen LogP contribution in [0.4, 0.5) is 0 Å². The standard InChI is InChI=1S/C26H36O5/c1-26(30,17-10-13-20-11-6-5-7-12-20)18-16-22-21(23(27)19-24(22)28)14-8-3-4-9-15-25(29)31-2/h5-7,11-12,21-22,24,28,30H,3-4,8-10,13-15,17,19H2,1-2H3. The highest BCUT2D eigenvalue weighted by Gasteiger charge is 2.40. The molecule has 0 heterocycles. The Kier molecular flexibility index (Phi) is 10.2. The number of rotatable bonds is 11. The molecule has 4 unspecified atom stereocenters. The first-order valence-corrected chi connectivity index (χ1v) is 11.4. The molecule has 4 atom stereocenters. The van der Waals surface area contributed by atoms with Gasteiger partial charge in [0.15, 0.2) is 0 Å². The number of methoxy groups -OCH3 is 1. The average molecular weight is 429 g/mol. The predicted octanol–water partition coefficient (Wildman–Crippen LogP) is 3.84. The van der Waals surface area contributed by atoms with Gasteiger partial charge < -0.3 is 14.9 Å². The summed E-state index contributed by atoms with van der Waals surface area (Å²) < 4.78 is 4.63. The number of ketones is 1. The van der Waals surface area contributed by atoms with E-state index in [-0.39, 0.29) is 24.1 Å². The van der Waals surface area contributed by atoms with Crippen molar-refractivity contribution < 1.29 is 24.5 Å². The van der Waals surface area contributed by atoms with E-state index in [1.807, 2.05) is 18.2 Å². The van der Waals surface area contributed by atoms with Crippen LogP contribution in [0.5, 0.6) is 0 Å². The van der Waals surface area contributed by atoms with Crippen LogP contribution in [0.15, 0.2) is 30.3 Å². The Labute approximate surface area is 186 Å². The molecule has 1 saturated carbocycles. The minimum atomic E-state index is -1.14. The third-order valence-electron chi connectivity index (χ3n) is 6.03. The fourth-order valence-electron chi connectivity index (χ4n) is 4.16. The molecule has 2 rings (SSSR count). The van der Waals surface area contributed by atoms with Gasteiger partial charge in [0.1, 0.15) is 11.4 Å². The largest absolute Gasteiger partial charge is 0.469 e. The fourth-order valence-corrected chi connectivity index (χ4v) is 4.16. The van der Waals surface area contributed by atoms with Gasteiger partial charge in [-0.3, -0.25) is 9.59 Å². The number of hydrogen-bond donors (Lipinski definition) is 2. The maximum Gasteiger partial charge on any atom is 0.305 e. The molecule has 1 aliphatic carbocycles. The molecule has 5 heteroatoms. The van der Waals surface area contributed by atoms with Crippen LogP contribution in [0.2, 0.25) is 0 Å². The lowest BCUT2D eigenvalue weighted by Gasteiger charge is -2.19. The smallest absolute Gasteiger partial charge is 0.305 e. The van der Waals surface area contributed by atoms with Gasteiger partial charge in [-0.15, -0.1) is 0 Å². The summed E-state index contributed by atoms with van der Waals surface area (Å²) in [5, 5.41) is 21.0. The molecule has 0 spiro atoms. The zero-order valence-electron chi connectivity index (χ0n) is 18.8. The van der Waals surface area contributed by atoms with Gasteiger partial charge >= 0.3 is 5.97 Å². The van der Waals surface area contributed by atoms with Crippen LogP contribution in [0.25, 0.3) is 0 Å². The Balaban J connectivity index is 1.81. The van der Waals surface area contributed by atoms with Crippen molar-refractivity contribution >= 4 is 11.8 Å². The topological polar surface area (TPSA) is 83.8 Å². The van der Waals surface area contributed by atoms with Crippen molar-refractivity contribution in [3.63, 3.8) is 0 Å². The van der Waals surface area contributed by atoms with Crippen LogP contribution in [0.1, 0.15) is 70.3 Å². The van der Waals surface area contributed by atoms with Gasteiger partial charge in [0.25, 0.3) is 0 Å². The number of ether oxygens (including phenoxy) is 1. The van der Waals surface area contributed by atoms with E-state index in [1.165, 1.54) is 12.7 Å². The molecular weight excluding hydrogens is 392 g/mol. The van der Waals surface area contributed by atoms with E-state index in [9.17, 15) is 19.8 Å². The minimum absolute atomic E-state index is 0.0603. The van der Waals surface area contributed by atoms with E-state index < -0.39 is 17.6 Å². The number of carbonyl (C=O) groups excluding carboxylic acids is 2. The van der Waals surface area contributed by atoms with Gasteiger partial charge in [0.2, 0.25) is 0 Å². The van der Waals surface area contributed by atoms with Crippen LogP contribution in [-0.2, 0) is 20.7 Å². The Bertz CT molecular complexity index is 759. The van der Waals surface area contributed by atoms with Crippen molar-refractivity contribution in [3.8, 4) is 11.8 Å². The lowest BCUT2D eigenvalue weighted by atomic mass is 9.88. The highest BCUT2D eigenvalue weighted by Crippen LogP contribution is 2.33. The molecule has 1 aromatic rings. The summed E-state index contributed by atoms with van der Waals surface area (Å²) in [4.78, 5) is 23.5. The number of aryl methyl sites for hydroxylation is 1. The van der Waals surface area contributed by atoms with E-state index in [0.717, 1.165) is 38.5 Å². The SMILES string of the molecule is COC(=O)CCCCCCC1C(=O)CC(O)C1C#CC(C)(O)CCCc1ccccc1. The predicted molar refractivity (Wildman–Crippen MR) is 120 cm³/mol. The van der Waals surface area contributed by atoms with Gasteiger partial charge in [-0.05, 0) is 44.6 Å². The van der Waals surface area contributed by atoms with E-state index in [2.05, 4.69) is 28.7 Å². The molecule has 5 nitrogen and oxygen atoms in total. The first-order valence-electron chi connectivity index (χ1n) is 11.4. The fraction of sp³-hybridized carbons (Fsp3) is 0.615. The van der Waals surface area contributed by atoms with Crippen molar-refractivity contribution in [2.45, 2.75) is 82.8 Å². The number of esters is 1. The Hall–Kier alpha value is -2.16. The van der Waals surface area contributed by atoms with Crippen LogP contribution in [-0.4, -0.2) is 40.8 Å².